The monoisotopic (exact) mass is 244 g/mol. The van der Waals surface area contributed by atoms with E-state index in [2.05, 4.69) is 6.92 Å². The van der Waals surface area contributed by atoms with Gasteiger partial charge in [0, 0.05) is 13.2 Å². The molecule has 102 valence electrons. The van der Waals surface area contributed by atoms with E-state index in [4.69, 9.17) is 9.47 Å². The molecule has 1 aliphatic rings. The Morgan fingerprint density at radius 1 is 1.18 bits per heavy atom. The fourth-order valence-electron chi connectivity index (χ4n) is 2.66. The van der Waals surface area contributed by atoms with Crippen LogP contribution in [0.15, 0.2) is 0 Å². The minimum absolute atomic E-state index is 0.0304. The van der Waals surface area contributed by atoms with Gasteiger partial charge in [0.15, 0.2) is 0 Å². The Morgan fingerprint density at radius 3 is 2.47 bits per heavy atom. The molecule has 0 aromatic carbocycles. The zero-order chi connectivity index (χ0) is 12.5. The summed E-state index contributed by atoms with van der Waals surface area (Å²) in [5.41, 5.74) is 0. The summed E-state index contributed by atoms with van der Waals surface area (Å²) in [7, 11) is 0. The lowest BCUT2D eigenvalue weighted by Crippen LogP contribution is -2.40. The molecule has 0 radical (unpaired) electrons. The fraction of sp³-hybridized carbons (Fsp3) is 1.00. The SMILES string of the molecule is CCCOCC(O)C(OCC)C1CCCCC1. The summed E-state index contributed by atoms with van der Waals surface area (Å²) in [4.78, 5) is 0. The summed E-state index contributed by atoms with van der Waals surface area (Å²) >= 11 is 0. The van der Waals surface area contributed by atoms with Crippen LogP contribution >= 0.6 is 0 Å². The van der Waals surface area contributed by atoms with E-state index in [1.54, 1.807) is 0 Å². The third-order valence-electron chi connectivity index (χ3n) is 3.49. The van der Waals surface area contributed by atoms with Crippen molar-refractivity contribution in [3.05, 3.63) is 0 Å². The van der Waals surface area contributed by atoms with E-state index in [-0.39, 0.29) is 6.10 Å². The topological polar surface area (TPSA) is 38.7 Å². The third kappa shape index (κ3) is 5.36. The normalized spacial score (nSPS) is 21.4. The van der Waals surface area contributed by atoms with E-state index in [0.29, 0.717) is 19.1 Å². The maximum Gasteiger partial charge on any atom is 0.104 e. The van der Waals surface area contributed by atoms with Gasteiger partial charge in [0.2, 0.25) is 0 Å². The van der Waals surface area contributed by atoms with Crippen LogP contribution in [-0.2, 0) is 9.47 Å². The number of aliphatic hydroxyl groups excluding tert-OH is 1. The Hall–Kier alpha value is -0.120. The molecule has 0 heterocycles. The van der Waals surface area contributed by atoms with Crippen LogP contribution in [0.1, 0.15) is 52.4 Å². The van der Waals surface area contributed by atoms with Gasteiger partial charge in [-0.05, 0) is 32.1 Å². The fourth-order valence-corrected chi connectivity index (χ4v) is 2.66. The molecule has 0 aromatic heterocycles. The second kappa shape index (κ2) is 8.90. The summed E-state index contributed by atoms with van der Waals surface area (Å²) in [6.07, 6.45) is 6.76. The molecular formula is C14H28O3. The maximum absolute atomic E-state index is 10.2. The molecule has 1 saturated carbocycles. The van der Waals surface area contributed by atoms with Gasteiger partial charge < -0.3 is 14.6 Å². The quantitative estimate of drug-likeness (QED) is 0.667. The summed E-state index contributed by atoms with van der Waals surface area (Å²) < 4.78 is 11.2. The van der Waals surface area contributed by atoms with Crippen LogP contribution in [0.5, 0.6) is 0 Å². The van der Waals surface area contributed by atoms with Crippen LogP contribution in [0.3, 0.4) is 0 Å². The highest BCUT2D eigenvalue weighted by atomic mass is 16.5. The van der Waals surface area contributed by atoms with E-state index in [1.165, 1.54) is 32.1 Å². The predicted molar refractivity (Wildman–Crippen MR) is 69.1 cm³/mol. The average molecular weight is 244 g/mol. The highest BCUT2D eigenvalue weighted by Gasteiger charge is 2.30. The maximum atomic E-state index is 10.2. The van der Waals surface area contributed by atoms with Crippen LogP contribution in [0.2, 0.25) is 0 Å². The number of hydrogen-bond donors (Lipinski definition) is 1. The Morgan fingerprint density at radius 2 is 1.88 bits per heavy atom. The van der Waals surface area contributed by atoms with Crippen molar-refractivity contribution in [1.82, 2.24) is 0 Å². The van der Waals surface area contributed by atoms with Crippen LogP contribution in [-0.4, -0.2) is 37.1 Å². The van der Waals surface area contributed by atoms with Crippen molar-refractivity contribution in [3.63, 3.8) is 0 Å². The van der Waals surface area contributed by atoms with Crippen molar-refractivity contribution in [1.29, 1.82) is 0 Å². The molecule has 3 nitrogen and oxygen atoms in total. The second-order valence-corrected chi connectivity index (χ2v) is 4.96. The van der Waals surface area contributed by atoms with Gasteiger partial charge >= 0.3 is 0 Å². The Bertz CT molecular complexity index is 178. The zero-order valence-corrected chi connectivity index (χ0v) is 11.4. The van der Waals surface area contributed by atoms with Gasteiger partial charge in [0.05, 0.1) is 12.7 Å². The molecule has 1 rings (SSSR count). The molecule has 0 aliphatic heterocycles. The van der Waals surface area contributed by atoms with Crippen LogP contribution in [0.4, 0.5) is 0 Å². The van der Waals surface area contributed by atoms with Crippen molar-refractivity contribution >= 4 is 0 Å². The summed E-state index contributed by atoms with van der Waals surface area (Å²) in [6.45, 7) is 5.88. The van der Waals surface area contributed by atoms with Crippen molar-refractivity contribution in [2.45, 2.75) is 64.6 Å². The lowest BCUT2D eigenvalue weighted by molar-refractivity contribution is -0.0986. The molecule has 0 aromatic rings. The van der Waals surface area contributed by atoms with Crippen molar-refractivity contribution in [3.8, 4) is 0 Å². The first kappa shape index (κ1) is 14.9. The summed E-state index contributed by atoms with van der Waals surface area (Å²) in [5, 5.41) is 10.2. The van der Waals surface area contributed by atoms with Crippen molar-refractivity contribution < 1.29 is 14.6 Å². The number of hydrogen-bond acceptors (Lipinski definition) is 3. The molecule has 17 heavy (non-hydrogen) atoms. The molecule has 0 bridgehead atoms. The Balaban J connectivity index is 2.38. The lowest BCUT2D eigenvalue weighted by atomic mass is 9.83. The van der Waals surface area contributed by atoms with Gasteiger partial charge in [-0.15, -0.1) is 0 Å². The standard InChI is InChI=1S/C14H28O3/c1-3-10-16-11-13(15)14(17-4-2)12-8-6-5-7-9-12/h12-15H,3-11H2,1-2H3. The molecule has 0 saturated heterocycles. The van der Waals surface area contributed by atoms with Gasteiger partial charge in [0.25, 0.3) is 0 Å². The van der Waals surface area contributed by atoms with E-state index in [0.717, 1.165) is 13.0 Å². The molecular weight excluding hydrogens is 216 g/mol. The first-order chi connectivity index (χ1) is 8.29. The van der Waals surface area contributed by atoms with Crippen molar-refractivity contribution in [2.24, 2.45) is 5.92 Å². The van der Waals surface area contributed by atoms with Gasteiger partial charge in [-0.3, -0.25) is 0 Å². The Labute approximate surface area is 105 Å². The van der Waals surface area contributed by atoms with E-state index in [1.807, 2.05) is 6.92 Å². The highest BCUT2D eigenvalue weighted by molar-refractivity contribution is 4.80. The molecule has 2 unspecified atom stereocenters. The lowest BCUT2D eigenvalue weighted by Gasteiger charge is -2.33. The van der Waals surface area contributed by atoms with E-state index >= 15 is 0 Å². The van der Waals surface area contributed by atoms with Gasteiger partial charge in [0.1, 0.15) is 6.10 Å². The first-order valence-corrected chi connectivity index (χ1v) is 7.17. The average Bonchev–Trinajstić information content (AvgIpc) is 2.37. The van der Waals surface area contributed by atoms with E-state index < -0.39 is 6.10 Å². The van der Waals surface area contributed by atoms with Crippen LogP contribution in [0.25, 0.3) is 0 Å². The molecule has 1 fully saturated rings. The summed E-state index contributed by atoms with van der Waals surface area (Å²) in [5.74, 6) is 0.518. The predicted octanol–water partition coefficient (Wildman–Crippen LogP) is 2.76. The number of aliphatic hydroxyl groups is 1. The van der Waals surface area contributed by atoms with Crippen molar-refractivity contribution in [2.75, 3.05) is 19.8 Å². The summed E-state index contributed by atoms with van der Waals surface area (Å²) in [6, 6.07) is 0. The molecule has 0 amide bonds. The zero-order valence-electron chi connectivity index (χ0n) is 11.4. The van der Waals surface area contributed by atoms with Crippen LogP contribution < -0.4 is 0 Å². The second-order valence-electron chi connectivity index (χ2n) is 4.96. The number of ether oxygens (including phenoxy) is 2. The molecule has 1 N–H and O–H groups in total. The third-order valence-corrected chi connectivity index (χ3v) is 3.49. The van der Waals surface area contributed by atoms with Gasteiger partial charge in [-0.1, -0.05) is 26.2 Å². The van der Waals surface area contributed by atoms with Crippen LogP contribution in [0, 0.1) is 5.92 Å². The molecule has 3 heteroatoms. The molecule has 0 spiro atoms. The number of rotatable bonds is 8. The van der Waals surface area contributed by atoms with Gasteiger partial charge in [-0.25, -0.2) is 0 Å². The Kier molecular flexibility index (Phi) is 7.82. The largest absolute Gasteiger partial charge is 0.388 e. The molecule has 2 atom stereocenters. The minimum atomic E-state index is -0.468. The smallest absolute Gasteiger partial charge is 0.104 e. The first-order valence-electron chi connectivity index (χ1n) is 7.17. The van der Waals surface area contributed by atoms with E-state index in [9.17, 15) is 5.11 Å². The minimum Gasteiger partial charge on any atom is -0.388 e. The molecule has 1 aliphatic carbocycles. The van der Waals surface area contributed by atoms with Gasteiger partial charge in [-0.2, -0.15) is 0 Å². The highest BCUT2D eigenvalue weighted by Crippen LogP contribution is 2.29.